The van der Waals surface area contributed by atoms with Gasteiger partial charge >= 0.3 is 0 Å². The minimum atomic E-state index is 0.402. The van der Waals surface area contributed by atoms with Crippen molar-refractivity contribution in [2.24, 2.45) is 15.5 Å². The lowest BCUT2D eigenvalue weighted by molar-refractivity contribution is 1.17. The number of imidazole rings is 1. The van der Waals surface area contributed by atoms with Gasteiger partial charge in [-0.25, -0.2) is 19.7 Å². The summed E-state index contributed by atoms with van der Waals surface area (Å²) in [4.78, 5) is 14.8. The Balaban J connectivity index is 1.93. The van der Waals surface area contributed by atoms with E-state index in [1.807, 2.05) is 60.0 Å². The molecule has 1 atom stereocenters. The quantitative estimate of drug-likeness (QED) is 0.135. The van der Waals surface area contributed by atoms with E-state index in [1.54, 1.807) is 0 Å². The zero-order valence-electron chi connectivity index (χ0n) is 15.2. The Morgan fingerprint density at radius 3 is 2.79 bits per heavy atom. The van der Waals surface area contributed by atoms with E-state index in [0.717, 1.165) is 42.6 Å². The van der Waals surface area contributed by atoms with Crippen molar-refractivity contribution in [3.63, 3.8) is 0 Å². The number of rotatable bonds is 5. The number of aliphatic imine (C=N–C) groups is 1. The van der Waals surface area contributed by atoms with Gasteiger partial charge in [-0.05, 0) is 57.0 Å². The Labute approximate surface area is 194 Å². The van der Waals surface area contributed by atoms with E-state index in [1.165, 1.54) is 17.7 Å². The number of thiazole rings is 1. The number of fused-ring (bicyclic) bond motifs is 1. The summed E-state index contributed by atoms with van der Waals surface area (Å²) in [5.41, 5.74) is 10.8. The molecule has 1 aromatic carbocycles. The van der Waals surface area contributed by atoms with Gasteiger partial charge < -0.3 is 5.73 Å². The van der Waals surface area contributed by atoms with Gasteiger partial charge in [-0.2, -0.15) is 0 Å². The van der Waals surface area contributed by atoms with Crippen molar-refractivity contribution in [2.75, 3.05) is 0 Å². The predicted molar refractivity (Wildman–Crippen MR) is 136 cm³/mol. The molecule has 0 aliphatic rings. The minimum Gasteiger partial charge on any atom is -0.382 e. The molecule has 3 heterocycles. The molecule has 146 valence electrons. The standard InChI is InChI=1S/C19H15BrIN6PS/c1-11-16(27-9-13(20)7-8-14(27)25-11)19-26-15(12-5-3-2-4-6-12)17(29-19)18(22)23-10-24-28-21/h2-10,28H,1H3,(H2,22,23,24). The molecule has 0 saturated carbocycles. The van der Waals surface area contributed by atoms with Crippen LogP contribution in [0.2, 0.25) is 0 Å². The average Bonchev–Trinajstić information content (AvgIpc) is 3.29. The van der Waals surface area contributed by atoms with Crippen LogP contribution in [0.15, 0.2) is 62.9 Å². The average molecular weight is 597 g/mol. The van der Waals surface area contributed by atoms with Crippen molar-refractivity contribution >= 4 is 73.5 Å². The fourth-order valence-corrected chi connectivity index (χ4v) is 4.85. The molecule has 6 nitrogen and oxygen atoms in total. The SMILES string of the molecule is Cc1nc2ccc(Br)cn2c1-c1nc(-c2ccccc2)c(C(N)=N/C=N/PI)s1. The summed E-state index contributed by atoms with van der Waals surface area (Å²) in [5, 5.41) is 0.841. The molecule has 0 aliphatic carbocycles. The highest BCUT2D eigenvalue weighted by atomic mass is 127. The molecule has 4 rings (SSSR count). The fraction of sp³-hybridized carbons (Fsp3) is 0.0526. The topological polar surface area (TPSA) is 80.9 Å². The number of amidine groups is 1. The van der Waals surface area contributed by atoms with Crippen LogP contribution in [0.4, 0.5) is 0 Å². The summed E-state index contributed by atoms with van der Waals surface area (Å²) >= 11 is 7.24. The number of aromatic nitrogens is 3. The van der Waals surface area contributed by atoms with E-state index < -0.39 is 0 Å². The van der Waals surface area contributed by atoms with Gasteiger partial charge in [0.1, 0.15) is 28.5 Å². The Hall–Kier alpha value is -1.68. The van der Waals surface area contributed by atoms with E-state index >= 15 is 0 Å². The highest BCUT2D eigenvalue weighted by Gasteiger charge is 2.21. The van der Waals surface area contributed by atoms with Gasteiger partial charge in [-0.15, -0.1) is 11.3 Å². The first-order chi connectivity index (χ1) is 14.1. The molecular weight excluding hydrogens is 582 g/mol. The lowest BCUT2D eigenvalue weighted by Gasteiger charge is -2.01. The van der Waals surface area contributed by atoms with Crippen LogP contribution >= 0.6 is 55.7 Å². The van der Waals surface area contributed by atoms with Crippen molar-refractivity contribution in [1.29, 1.82) is 0 Å². The van der Waals surface area contributed by atoms with Gasteiger partial charge in [-0.1, -0.05) is 30.3 Å². The largest absolute Gasteiger partial charge is 0.382 e. The lowest BCUT2D eigenvalue weighted by Crippen LogP contribution is -2.12. The first kappa shape index (κ1) is 20.6. The summed E-state index contributed by atoms with van der Waals surface area (Å²) in [7, 11) is 0. The van der Waals surface area contributed by atoms with Gasteiger partial charge in [-0.3, -0.25) is 4.40 Å². The number of nitrogens with zero attached hydrogens (tertiary/aromatic N) is 5. The molecule has 0 spiro atoms. The van der Waals surface area contributed by atoms with E-state index in [4.69, 9.17) is 10.7 Å². The van der Waals surface area contributed by atoms with Gasteiger partial charge in [0.25, 0.3) is 0 Å². The Kier molecular flexibility index (Phi) is 6.38. The van der Waals surface area contributed by atoms with E-state index in [2.05, 4.69) is 52.7 Å². The number of benzene rings is 1. The van der Waals surface area contributed by atoms with Gasteiger partial charge in [0, 0.05) is 16.2 Å². The molecule has 0 fully saturated rings. The molecule has 10 heteroatoms. The van der Waals surface area contributed by atoms with Crippen LogP contribution < -0.4 is 5.73 Å². The third kappa shape index (κ3) is 4.28. The summed E-state index contributed by atoms with van der Waals surface area (Å²) in [5.74, 6) is 0.402. The monoisotopic (exact) mass is 596 g/mol. The smallest absolute Gasteiger partial charge is 0.144 e. The Morgan fingerprint density at radius 1 is 1.24 bits per heavy atom. The summed E-state index contributed by atoms with van der Waals surface area (Å²) in [6, 6.07) is 14.0. The second-order valence-electron chi connectivity index (χ2n) is 6.03. The molecule has 0 radical (unpaired) electrons. The third-order valence-corrected chi connectivity index (χ3v) is 6.77. The van der Waals surface area contributed by atoms with Gasteiger partial charge in [0.05, 0.1) is 22.6 Å². The normalized spacial score (nSPS) is 12.7. The number of pyridine rings is 1. The van der Waals surface area contributed by atoms with Crippen LogP contribution in [-0.2, 0) is 0 Å². The van der Waals surface area contributed by atoms with Gasteiger partial charge in [0.15, 0.2) is 0 Å². The fourth-order valence-electron chi connectivity index (χ4n) is 2.95. The van der Waals surface area contributed by atoms with E-state index in [9.17, 15) is 0 Å². The zero-order valence-corrected chi connectivity index (χ0v) is 20.7. The maximum Gasteiger partial charge on any atom is 0.144 e. The zero-order chi connectivity index (χ0) is 20.4. The second kappa shape index (κ2) is 8.99. The van der Waals surface area contributed by atoms with Crippen LogP contribution in [0.3, 0.4) is 0 Å². The Bertz CT molecular complexity index is 1230. The molecule has 2 N–H and O–H groups in total. The first-order valence-corrected chi connectivity index (χ1v) is 14.2. The number of aryl methyl sites for hydroxylation is 1. The Morgan fingerprint density at radius 2 is 2.03 bits per heavy atom. The molecule has 3 aromatic heterocycles. The maximum absolute atomic E-state index is 6.32. The highest BCUT2D eigenvalue weighted by molar-refractivity contribution is 14.2. The van der Waals surface area contributed by atoms with Crippen molar-refractivity contribution < 1.29 is 0 Å². The van der Waals surface area contributed by atoms with Crippen molar-refractivity contribution in [3.8, 4) is 22.0 Å². The molecule has 29 heavy (non-hydrogen) atoms. The molecule has 1 unspecified atom stereocenters. The van der Waals surface area contributed by atoms with E-state index in [-0.39, 0.29) is 0 Å². The summed E-state index contributed by atoms with van der Waals surface area (Å²) < 4.78 is 7.17. The van der Waals surface area contributed by atoms with Crippen LogP contribution in [-0.4, -0.2) is 26.5 Å². The molecule has 0 aliphatic heterocycles. The maximum atomic E-state index is 6.32. The van der Waals surface area contributed by atoms with Crippen LogP contribution in [0.1, 0.15) is 10.6 Å². The predicted octanol–water partition coefficient (Wildman–Crippen LogP) is 5.87. The molecule has 0 saturated heterocycles. The number of nitrogens with two attached hydrogens (primary N) is 1. The number of hydrogen-bond acceptors (Lipinski definition) is 4. The highest BCUT2D eigenvalue weighted by Crippen LogP contribution is 2.36. The van der Waals surface area contributed by atoms with Crippen LogP contribution in [0, 0.1) is 6.92 Å². The van der Waals surface area contributed by atoms with E-state index in [0.29, 0.717) is 12.2 Å². The van der Waals surface area contributed by atoms with Crippen molar-refractivity contribution in [1.82, 2.24) is 14.4 Å². The molecule has 0 amide bonds. The summed E-state index contributed by atoms with van der Waals surface area (Å²) in [6.07, 6.45) is 3.91. The minimum absolute atomic E-state index is 0.402. The first-order valence-electron chi connectivity index (χ1n) is 8.50. The number of hydrogen-bond donors (Lipinski definition) is 1. The van der Waals surface area contributed by atoms with Crippen LogP contribution in [0.5, 0.6) is 0 Å². The van der Waals surface area contributed by atoms with Crippen molar-refractivity contribution in [3.05, 3.63) is 63.7 Å². The third-order valence-electron chi connectivity index (χ3n) is 4.17. The van der Waals surface area contributed by atoms with Crippen molar-refractivity contribution in [2.45, 2.75) is 6.92 Å². The molecule has 4 aromatic rings. The molecular formula is C19H15BrIN6PS. The van der Waals surface area contributed by atoms with Gasteiger partial charge in [0.2, 0.25) is 0 Å². The summed E-state index contributed by atoms with van der Waals surface area (Å²) in [6.45, 7) is 1.99. The van der Waals surface area contributed by atoms with Crippen LogP contribution in [0.25, 0.3) is 27.6 Å². The lowest BCUT2D eigenvalue weighted by atomic mass is 10.1. The number of halogens is 2. The molecule has 0 bridgehead atoms. The second-order valence-corrected chi connectivity index (χ2v) is 9.82.